The van der Waals surface area contributed by atoms with Crippen LogP contribution in [0.4, 0.5) is 5.82 Å². The van der Waals surface area contributed by atoms with Crippen molar-refractivity contribution in [3.05, 3.63) is 54.7 Å². The van der Waals surface area contributed by atoms with Crippen LogP contribution in [0.3, 0.4) is 0 Å². The Morgan fingerprint density at radius 2 is 1.82 bits per heavy atom. The van der Waals surface area contributed by atoms with Crippen LogP contribution in [0.2, 0.25) is 0 Å². The zero-order valence-corrected chi connectivity index (χ0v) is 22.7. The van der Waals surface area contributed by atoms with Gasteiger partial charge in [-0.3, -0.25) is 14.5 Å². The van der Waals surface area contributed by atoms with E-state index in [0.717, 1.165) is 52.2 Å². The van der Waals surface area contributed by atoms with Gasteiger partial charge in [0.05, 0.1) is 24.5 Å². The Hall–Kier alpha value is -4.05. The van der Waals surface area contributed by atoms with Gasteiger partial charge in [-0.2, -0.15) is 10.2 Å². The summed E-state index contributed by atoms with van der Waals surface area (Å²) in [6.07, 6.45) is 11.4. The third-order valence-electron chi connectivity index (χ3n) is 6.73. The average Bonchev–Trinajstić information content (AvgIpc) is 3.53. The van der Waals surface area contributed by atoms with Crippen molar-refractivity contribution in [2.75, 3.05) is 44.7 Å². The molecule has 0 saturated carbocycles. The van der Waals surface area contributed by atoms with Gasteiger partial charge in [0.25, 0.3) is 0 Å². The van der Waals surface area contributed by atoms with Gasteiger partial charge in [-0.25, -0.2) is 9.50 Å². The predicted molar refractivity (Wildman–Crippen MR) is 151 cm³/mol. The van der Waals surface area contributed by atoms with E-state index in [-0.39, 0.29) is 11.4 Å². The Morgan fingerprint density at radius 1 is 1.03 bits per heavy atom. The number of amides is 1. The number of nitrogens with zero attached hydrogens (tertiary/aromatic N) is 8. The molecule has 4 aromatic rings. The topological polar surface area (TPSA) is 96.0 Å². The largest absolute Gasteiger partial charge is 0.353 e. The van der Waals surface area contributed by atoms with Crippen LogP contribution >= 0.6 is 0 Å². The number of fused-ring (bicyclic) bond motifs is 1. The number of hydrogen-bond acceptors (Lipinski definition) is 7. The van der Waals surface area contributed by atoms with E-state index in [4.69, 9.17) is 4.98 Å². The highest BCUT2D eigenvalue weighted by Gasteiger charge is 2.23. The summed E-state index contributed by atoms with van der Waals surface area (Å²) in [6.45, 7) is 9.47. The Labute approximate surface area is 223 Å². The summed E-state index contributed by atoms with van der Waals surface area (Å²) in [5, 5.41) is 12.2. The minimum Gasteiger partial charge on any atom is -0.353 e. The van der Waals surface area contributed by atoms with E-state index < -0.39 is 0 Å². The highest BCUT2D eigenvalue weighted by Crippen LogP contribution is 2.32. The van der Waals surface area contributed by atoms with Gasteiger partial charge < -0.3 is 15.1 Å². The number of piperazine rings is 1. The van der Waals surface area contributed by atoms with E-state index in [1.165, 1.54) is 0 Å². The first-order valence-electron chi connectivity index (χ1n) is 12.9. The maximum atomic E-state index is 12.6. The van der Waals surface area contributed by atoms with Crippen molar-refractivity contribution in [2.45, 2.75) is 26.3 Å². The van der Waals surface area contributed by atoms with E-state index in [1.807, 2.05) is 53.7 Å². The third-order valence-corrected chi connectivity index (χ3v) is 6.73. The molecule has 1 fully saturated rings. The van der Waals surface area contributed by atoms with Gasteiger partial charge in [0.2, 0.25) is 5.91 Å². The zero-order chi connectivity index (χ0) is 26.9. The number of pyridine rings is 2. The number of hydrogen-bond donors (Lipinski definition) is 1. The van der Waals surface area contributed by atoms with E-state index >= 15 is 0 Å². The van der Waals surface area contributed by atoms with Crippen LogP contribution in [0.15, 0.2) is 54.2 Å². The lowest BCUT2D eigenvalue weighted by molar-refractivity contribution is -0.130. The SMILES string of the molecule is C/N=C\c1cnn2cc(-c3cnn(C)c3)cc(-c3ccc(N4CCN(C(=O)CNC(C)(C)C)CC4)nc3)c12. The number of carbonyl (C=O) groups excluding carboxylic acids is 1. The number of nitrogens with one attached hydrogen (secondary N) is 1. The smallest absolute Gasteiger partial charge is 0.236 e. The molecule has 1 aliphatic heterocycles. The summed E-state index contributed by atoms with van der Waals surface area (Å²) in [6, 6.07) is 6.33. The van der Waals surface area contributed by atoms with Crippen LogP contribution in [-0.4, -0.2) is 86.7 Å². The van der Waals surface area contributed by atoms with E-state index in [1.54, 1.807) is 11.7 Å². The Balaban J connectivity index is 1.37. The van der Waals surface area contributed by atoms with Gasteiger partial charge in [-0.15, -0.1) is 0 Å². The Kier molecular flexibility index (Phi) is 6.98. The molecule has 10 nitrogen and oxygen atoms in total. The molecular weight excluding hydrogens is 478 g/mol. The number of anilines is 1. The van der Waals surface area contributed by atoms with Crippen molar-refractivity contribution in [2.24, 2.45) is 12.0 Å². The first kappa shape index (κ1) is 25.6. The molecule has 1 aliphatic rings. The molecule has 5 heterocycles. The van der Waals surface area contributed by atoms with Crippen LogP contribution < -0.4 is 10.2 Å². The van der Waals surface area contributed by atoms with Crippen LogP contribution in [-0.2, 0) is 11.8 Å². The minimum absolute atomic E-state index is 0.0761. The van der Waals surface area contributed by atoms with Gasteiger partial charge in [0, 0.05) is 98.4 Å². The van der Waals surface area contributed by atoms with Gasteiger partial charge in [0.1, 0.15) is 5.82 Å². The molecular formula is C28H35N9O. The number of aliphatic imine (C=N–C) groups is 1. The van der Waals surface area contributed by atoms with Crippen molar-refractivity contribution in [3.8, 4) is 22.3 Å². The summed E-state index contributed by atoms with van der Waals surface area (Å²) in [7, 11) is 3.67. The fraction of sp³-hybridized carbons (Fsp3) is 0.393. The quantitative estimate of drug-likeness (QED) is 0.399. The van der Waals surface area contributed by atoms with Crippen molar-refractivity contribution in [1.82, 2.24) is 34.6 Å². The molecule has 0 radical (unpaired) electrons. The van der Waals surface area contributed by atoms with Crippen LogP contribution in [0.1, 0.15) is 26.3 Å². The molecule has 0 aromatic carbocycles. The fourth-order valence-electron chi connectivity index (χ4n) is 4.70. The third kappa shape index (κ3) is 5.45. The molecule has 0 bridgehead atoms. The second kappa shape index (κ2) is 10.4. The van der Waals surface area contributed by atoms with Crippen LogP contribution in [0.5, 0.6) is 0 Å². The van der Waals surface area contributed by atoms with Crippen molar-refractivity contribution in [1.29, 1.82) is 0 Å². The summed E-state index contributed by atoms with van der Waals surface area (Å²) in [5.41, 5.74) is 5.92. The summed E-state index contributed by atoms with van der Waals surface area (Å²) >= 11 is 0. The predicted octanol–water partition coefficient (Wildman–Crippen LogP) is 2.88. The lowest BCUT2D eigenvalue weighted by Crippen LogP contribution is -2.52. The number of rotatable bonds is 6. The molecule has 38 heavy (non-hydrogen) atoms. The highest BCUT2D eigenvalue weighted by atomic mass is 16.2. The molecule has 0 aliphatic carbocycles. The summed E-state index contributed by atoms with van der Waals surface area (Å²) < 4.78 is 3.69. The molecule has 0 atom stereocenters. The lowest BCUT2D eigenvalue weighted by Gasteiger charge is -2.36. The first-order chi connectivity index (χ1) is 18.2. The van der Waals surface area contributed by atoms with Gasteiger partial charge in [-0.05, 0) is 39.0 Å². The van der Waals surface area contributed by atoms with Crippen molar-refractivity contribution < 1.29 is 4.79 Å². The van der Waals surface area contributed by atoms with Crippen molar-refractivity contribution >= 4 is 23.5 Å². The molecule has 198 valence electrons. The van der Waals surface area contributed by atoms with E-state index in [2.05, 4.69) is 64.4 Å². The van der Waals surface area contributed by atoms with Gasteiger partial charge in [-0.1, -0.05) is 0 Å². The molecule has 1 amide bonds. The normalized spacial score (nSPS) is 14.7. The Bertz CT molecular complexity index is 1450. The maximum absolute atomic E-state index is 12.6. The maximum Gasteiger partial charge on any atom is 0.236 e. The molecule has 1 N–H and O–H groups in total. The molecule has 10 heteroatoms. The number of aryl methyl sites for hydroxylation is 1. The van der Waals surface area contributed by atoms with Gasteiger partial charge >= 0.3 is 0 Å². The zero-order valence-electron chi connectivity index (χ0n) is 22.7. The Morgan fingerprint density at radius 3 is 2.45 bits per heavy atom. The number of carbonyl (C=O) groups is 1. The van der Waals surface area contributed by atoms with E-state index in [9.17, 15) is 4.79 Å². The number of aromatic nitrogens is 5. The second-order valence-corrected chi connectivity index (χ2v) is 10.7. The fourth-order valence-corrected chi connectivity index (χ4v) is 4.70. The van der Waals surface area contributed by atoms with Crippen LogP contribution in [0, 0.1) is 0 Å². The first-order valence-corrected chi connectivity index (χ1v) is 12.9. The molecule has 4 aromatic heterocycles. The lowest BCUT2D eigenvalue weighted by atomic mass is 10.0. The second-order valence-electron chi connectivity index (χ2n) is 10.7. The highest BCUT2D eigenvalue weighted by molar-refractivity contribution is 5.97. The monoisotopic (exact) mass is 513 g/mol. The van der Waals surface area contributed by atoms with E-state index in [0.29, 0.717) is 19.6 Å². The average molecular weight is 514 g/mol. The molecule has 5 rings (SSSR count). The van der Waals surface area contributed by atoms with Crippen LogP contribution in [0.25, 0.3) is 27.8 Å². The summed E-state index contributed by atoms with van der Waals surface area (Å²) in [5.74, 6) is 1.06. The standard InChI is InChI=1S/C28H35N9O/c1-28(2,3)31-17-26(38)36-10-8-35(9-11-36)25-7-6-20(14-30-25)24-12-21(23-16-32-34(5)18-23)19-37-27(24)22(13-29-4)15-33-37/h6-7,12-16,18-19,31H,8-11,17H2,1-5H3/b29-13-. The molecule has 0 unspecified atom stereocenters. The minimum atomic E-state index is -0.0761. The molecule has 1 saturated heterocycles. The molecule has 0 spiro atoms. The summed E-state index contributed by atoms with van der Waals surface area (Å²) in [4.78, 5) is 25.8. The van der Waals surface area contributed by atoms with Gasteiger partial charge in [0.15, 0.2) is 0 Å². The van der Waals surface area contributed by atoms with Crippen molar-refractivity contribution in [3.63, 3.8) is 0 Å².